The van der Waals surface area contributed by atoms with Gasteiger partial charge in [-0.25, -0.2) is 9.38 Å². The number of rotatable bonds is 7. The molecule has 1 fully saturated rings. The topological polar surface area (TPSA) is 71.0 Å². The van der Waals surface area contributed by atoms with E-state index in [1.54, 1.807) is 12.0 Å². The molecule has 1 unspecified atom stereocenters. The predicted octanol–water partition coefficient (Wildman–Crippen LogP) is 3.74. The number of thioether (sulfide) groups is 1. The van der Waals surface area contributed by atoms with Gasteiger partial charge in [0.05, 0.1) is 18.8 Å². The minimum atomic E-state index is -0.573. The molecule has 1 aliphatic heterocycles. The highest BCUT2D eigenvalue weighted by Crippen LogP contribution is 2.32. The Hall–Kier alpha value is -2.71. The van der Waals surface area contributed by atoms with E-state index in [2.05, 4.69) is 10.3 Å². The van der Waals surface area contributed by atoms with E-state index in [4.69, 9.17) is 4.74 Å². The summed E-state index contributed by atoms with van der Waals surface area (Å²) in [5.74, 6) is -0.867. The summed E-state index contributed by atoms with van der Waals surface area (Å²) in [6.07, 6.45) is -0.00278. The molecule has 1 aliphatic rings. The molecular formula is C21H22FN3O3S. The van der Waals surface area contributed by atoms with Crippen molar-refractivity contribution in [1.29, 1.82) is 0 Å². The molecular weight excluding hydrogens is 393 g/mol. The van der Waals surface area contributed by atoms with Crippen molar-refractivity contribution in [2.45, 2.75) is 18.6 Å². The van der Waals surface area contributed by atoms with E-state index in [1.165, 1.54) is 36.0 Å². The second-order valence-electron chi connectivity index (χ2n) is 6.58. The highest BCUT2D eigenvalue weighted by molar-refractivity contribution is 8.15. The molecule has 0 spiro atoms. The van der Waals surface area contributed by atoms with Gasteiger partial charge in [0.25, 0.3) is 0 Å². The number of benzene rings is 2. The van der Waals surface area contributed by atoms with Crippen molar-refractivity contribution in [1.82, 2.24) is 4.90 Å². The van der Waals surface area contributed by atoms with Crippen LogP contribution in [0.3, 0.4) is 0 Å². The van der Waals surface area contributed by atoms with Gasteiger partial charge in [-0.05, 0) is 48.9 Å². The maximum Gasteiger partial charge on any atom is 0.242 e. The lowest BCUT2D eigenvalue weighted by Crippen LogP contribution is -2.35. The Bertz CT molecular complexity index is 918. The van der Waals surface area contributed by atoms with E-state index in [1.807, 2.05) is 31.2 Å². The Balaban J connectivity index is 1.73. The van der Waals surface area contributed by atoms with Gasteiger partial charge in [-0.2, -0.15) is 0 Å². The molecule has 152 valence electrons. The van der Waals surface area contributed by atoms with Crippen LogP contribution in [-0.4, -0.2) is 47.4 Å². The number of aliphatic imine (C=N–C) groups is 1. The molecule has 1 heterocycles. The van der Waals surface area contributed by atoms with E-state index < -0.39 is 5.25 Å². The average Bonchev–Trinajstić information content (AvgIpc) is 2.96. The van der Waals surface area contributed by atoms with Crippen LogP contribution < -0.4 is 5.32 Å². The van der Waals surface area contributed by atoms with Gasteiger partial charge < -0.3 is 10.1 Å². The number of halogens is 1. The van der Waals surface area contributed by atoms with Crippen LogP contribution in [0.4, 0.5) is 15.8 Å². The van der Waals surface area contributed by atoms with Crippen molar-refractivity contribution in [3.63, 3.8) is 0 Å². The summed E-state index contributed by atoms with van der Waals surface area (Å²) in [7, 11) is 1.57. The van der Waals surface area contributed by atoms with Gasteiger partial charge in [0, 0.05) is 19.2 Å². The van der Waals surface area contributed by atoms with Gasteiger partial charge in [-0.15, -0.1) is 0 Å². The lowest BCUT2D eigenvalue weighted by Gasteiger charge is -2.15. The largest absolute Gasteiger partial charge is 0.383 e. The van der Waals surface area contributed by atoms with Gasteiger partial charge in [0.1, 0.15) is 11.1 Å². The number of aryl methyl sites for hydroxylation is 1. The molecule has 2 aromatic carbocycles. The number of amides is 2. The number of anilines is 1. The zero-order valence-electron chi connectivity index (χ0n) is 16.2. The van der Waals surface area contributed by atoms with Crippen LogP contribution in [0.1, 0.15) is 12.0 Å². The third-order valence-electron chi connectivity index (χ3n) is 4.26. The van der Waals surface area contributed by atoms with Crippen LogP contribution in [-0.2, 0) is 14.3 Å². The minimum Gasteiger partial charge on any atom is -0.383 e. The molecule has 2 amide bonds. The Morgan fingerprint density at radius 1 is 1.28 bits per heavy atom. The van der Waals surface area contributed by atoms with E-state index in [0.29, 0.717) is 24.0 Å². The Morgan fingerprint density at radius 3 is 2.72 bits per heavy atom. The SMILES string of the molecule is COCCN1C(=O)C(CC(=O)Nc2ccc(F)cc2)SC1=Nc1cccc(C)c1. The second-order valence-corrected chi connectivity index (χ2v) is 7.75. The van der Waals surface area contributed by atoms with Crippen LogP contribution in [0.2, 0.25) is 0 Å². The molecule has 29 heavy (non-hydrogen) atoms. The molecule has 1 atom stereocenters. The number of amidine groups is 1. The molecule has 2 aromatic rings. The number of hydrogen-bond donors (Lipinski definition) is 1. The molecule has 0 aliphatic carbocycles. The summed E-state index contributed by atoms with van der Waals surface area (Å²) in [4.78, 5) is 31.4. The minimum absolute atomic E-state index is 0.00278. The molecule has 6 nitrogen and oxygen atoms in total. The lowest BCUT2D eigenvalue weighted by molar-refractivity contribution is -0.128. The lowest BCUT2D eigenvalue weighted by atomic mass is 10.2. The number of ether oxygens (including phenoxy) is 1. The van der Waals surface area contributed by atoms with E-state index in [9.17, 15) is 14.0 Å². The summed E-state index contributed by atoms with van der Waals surface area (Å²) < 4.78 is 18.1. The first kappa shape index (κ1) is 21.0. The normalized spacial score (nSPS) is 17.8. The Labute approximate surface area is 173 Å². The van der Waals surface area contributed by atoms with Crippen molar-refractivity contribution in [3.8, 4) is 0 Å². The van der Waals surface area contributed by atoms with Gasteiger partial charge in [-0.3, -0.25) is 14.5 Å². The van der Waals surface area contributed by atoms with Crippen molar-refractivity contribution in [3.05, 3.63) is 59.9 Å². The van der Waals surface area contributed by atoms with Crippen molar-refractivity contribution < 1.29 is 18.7 Å². The van der Waals surface area contributed by atoms with Gasteiger partial charge in [-0.1, -0.05) is 23.9 Å². The fraction of sp³-hybridized carbons (Fsp3) is 0.286. The summed E-state index contributed by atoms with van der Waals surface area (Å²) >= 11 is 1.27. The number of carbonyl (C=O) groups is 2. The molecule has 1 N–H and O–H groups in total. The van der Waals surface area contributed by atoms with Gasteiger partial charge in [0.2, 0.25) is 11.8 Å². The Kier molecular flexibility index (Phi) is 7.00. The van der Waals surface area contributed by atoms with Crippen LogP contribution in [0, 0.1) is 12.7 Å². The van der Waals surface area contributed by atoms with Gasteiger partial charge >= 0.3 is 0 Å². The smallest absolute Gasteiger partial charge is 0.242 e. The number of nitrogens with one attached hydrogen (secondary N) is 1. The standard InChI is InChI=1S/C21H22FN3O3S/c1-14-4-3-5-17(12-14)24-21-25(10-11-28-2)20(27)18(29-21)13-19(26)23-16-8-6-15(22)7-9-16/h3-9,12,18H,10-11,13H2,1-2H3,(H,23,26). The predicted molar refractivity (Wildman–Crippen MR) is 113 cm³/mol. The monoisotopic (exact) mass is 415 g/mol. The second kappa shape index (κ2) is 9.67. The van der Waals surface area contributed by atoms with Crippen LogP contribution >= 0.6 is 11.8 Å². The van der Waals surface area contributed by atoms with E-state index in [-0.39, 0.29) is 24.1 Å². The van der Waals surface area contributed by atoms with Gasteiger partial charge in [0.15, 0.2) is 5.17 Å². The molecule has 3 rings (SSSR count). The number of carbonyl (C=O) groups excluding carboxylic acids is 2. The highest BCUT2D eigenvalue weighted by atomic mass is 32.2. The summed E-state index contributed by atoms with van der Waals surface area (Å²) in [5, 5.41) is 2.67. The molecule has 0 aromatic heterocycles. The van der Waals surface area contributed by atoms with Crippen LogP contribution in [0.15, 0.2) is 53.5 Å². The third kappa shape index (κ3) is 5.65. The number of nitrogens with zero attached hydrogens (tertiary/aromatic N) is 2. The van der Waals surface area contributed by atoms with E-state index in [0.717, 1.165) is 11.3 Å². The first-order valence-corrected chi connectivity index (χ1v) is 10.0. The highest BCUT2D eigenvalue weighted by Gasteiger charge is 2.39. The molecule has 0 saturated carbocycles. The quantitative estimate of drug-likeness (QED) is 0.748. The maximum absolute atomic E-state index is 13.0. The zero-order chi connectivity index (χ0) is 20.8. The third-order valence-corrected chi connectivity index (χ3v) is 5.44. The first-order valence-electron chi connectivity index (χ1n) is 9.14. The zero-order valence-corrected chi connectivity index (χ0v) is 17.0. The molecule has 1 saturated heterocycles. The van der Waals surface area contributed by atoms with Crippen molar-refractivity contribution in [2.75, 3.05) is 25.6 Å². The Morgan fingerprint density at radius 2 is 2.03 bits per heavy atom. The summed E-state index contributed by atoms with van der Waals surface area (Å²) in [5.41, 5.74) is 2.30. The van der Waals surface area contributed by atoms with Crippen molar-refractivity contribution in [2.24, 2.45) is 4.99 Å². The molecule has 8 heteroatoms. The van der Waals surface area contributed by atoms with Crippen LogP contribution in [0.25, 0.3) is 0 Å². The molecule has 0 bridgehead atoms. The summed E-state index contributed by atoms with van der Waals surface area (Å²) in [6, 6.07) is 13.2. The average molecular weight is 415 g/mol. The fourth-order valence-electron chi connectivity index (χ4n) is 2.84. The maximum atomic E-state index is 13.0. The number of methoxy groups -OCH3 is 1. The first-order chi connectivity index (χ1) is 14.0. The van der Waals surface area contributed by atoms with Crippen LogP contribution in [0.5, 0.6) is 0 Å². The van der Waals surface area contributed by atoms with Crippen molar-refractivity contribution >= 4 is 40.1 Å². The molecule has 0 radical (unpaired) electrons. The fourth-order valence-corrected chi connectivity index (χ4v) is 4.02. The van der Waals surface area contributed by atoms with E-state index >= 15 is 0 Å². The summed E-state index contributed by atoms with van der Waals surface area (Å²) in [6.45, 7) is 2.71. The number of hydrogen-bond acceptors (Lipinski definition) is 5.